The van der Waals surface area contributed by atoms with E-state index in [1.165, 1.54) is 110 Å². The van der Waals surface area contributed by atoms with Gasteiger partial charge in [0.2, 0.25) is 0 Å². The molecule has 0 saturated heterocycles. The Labute approximate surface area is 384 Å². The van der Waals surface area contributed by atoms with Crippen molar-refractivity contribution in [2.24, 2.45) is 0 Å². The molecule has 0 fully saturated rings. The Balaban J connectivity index is 1.14. The molecule has 0 N–H and O–H groups in total. The molecular weight excluding hydrogens is 795 g/mol. The zero-order valence-electron chi connectivity index (χ0n) is 36.1. The van der Waals surface area contributed by atoms with E-state index >= 15 is 0 Å². The lowest BCUT2D eigenvalue weighted by atomic mass is 9.55. The predicted octanol–water partition coefficient (Wildman–Crippen LogP) is 17.4. The standard InChI is InChI=1S/C65H41N/c1-3-17-43(18-4-1)50-38-39-57-53-26-11-12-29-58(53)65(60-31-15-28-55(50)63(57)60)59-30-14-24-46-23-13-27-56(62(46)59)54-37-35-49(41-61(54)65)66(48-34-32-42-16-7-8-22-47(42)40-48)64-51-25-10-9-21-45(51)33-36-52(64)44-19-5-2-6-20-44/h1-41H. The molecule has 12 aromatic carbocycles. The van der Waals surface area contributed by atoms with Gasteiger partial charge in [0.1, 0.15) is 0 Å². The van der Waals surface area contributed by atoms with Crippen LogP contribution in [-0.4, -0.2) is 0 Å². The Kier molecular flexibility index (Phi) is 7.97. The quantitative estimate of drug-likeness (QED) is 0.167. The van der Waals surface area contributed by atoms with Crippen LogP contribution in [0.1, 0.15) is 22.3 Å². The fourth-order valence-electron chi connectivity index (χ4n) is 11.9. The van der Waals surface area contributed by atoms with Crippen LogP contribution in [0.4, 0.5) is 17.1 Å². The molecular formula is C65H41N. The van der Waals surface area contributed by atoms with Crippen molar-refractivity contribution in [1.29, 1.82) is 0 Å². The average Bonchev–Trinajstić information content (AvgIpc) is 3.39. The minimum Gasteiger partial charge on any atom is -0.309 e. The van der Waals surface area contributed by atoms with Crippen LogP contribution in [0.3, 0.4) is 0 Å². The molecule has 0 heterocycles. The second kappa shape index (κ2) is 14.2. The number of hydrogen-bond donors (Lipinski definition) is 0. The maximum absolute atomic E-state index is 2.55. The molecule has 1 heteroatoms. The molecule has 0 amide bonds. The number of fused-ring (bicyclic) bond motifs is 10. The highest BCUT2D eigenvalue weighted by Crippen LogP contribution is 2.62. The van der Waals surface area contributed by atoms with Gasteiger partial charge in [-0.15, -0.1) is 0 Å². The molecule has 0 aliphatic heterocycles. The number of benzene rings is 12. The van der Waals surface area contributed by atoms with Crippen LogP contribution in [-0.2, 0) is 5.41 Å². The van der Waals surface area contributed by atoms with Gasteiger partial charge in [-0.25, -0.2) is 0 Å². The monoisotopic (exact) mass is 835 g/mol. The molecule has 2 aliphatic rings. The Morgan fingerprint density at radius 3 is 1.59 bits per heavy atom. The van der Waals surface area contributed by atoms with Gasteiger partial charge in [0, 0.05) is 22.3 Å². The summed E-state index contributed by atoms with van der Waals surface area (Å²) in [6.07, 6.45) is 0. The van der Waals surface area contributed by atoms with Crippen molar-refractivity contribution < 1.29 is 0 Å². The third-order valence-corrected chi connectivity index (χ3v) is 14.6. The SMILES string of the molecule is c1ccc(-c2ccc3ccccc3c2N(c2ccc3c(c2)C2(c4ccccc4-c4ccc(-c5ccccc5)c5cccc2c45)c2cccc4cccc-3c24)c2ccc3ccccc3c2)cc1. The lowest BCUT2D eigenvalue weighted by Gasteiger charge is -2.46. The van der Waals surface area contributed by atoms with E-state index in [1.54, 1.807) is 0 Å². The van der Waals surface area contributed by atoms with Crippen molar-refractivity contribution in [2.75, 3.05) is 4.90 Å². The summed E-state index contributed by atoms with van der Waals surface area (Å²) in [5.41, 5.74) is 17.9. The second-order valence-corrected chi connectivity index (χ2v) is 17.9. The summed E-state index contributed by atoms with van der Waals surface area (Å²) in [7, 11) is 0. The normalized spacial score (nSPS) is 14.4. The predicted molar refractivity (Wildman–Crippen MR) is 278 cm³/mol. The van der Waals surface area contributed by atoms with Crippen molar-refractivity contribution in [3.63, 3.8) is 0 Å². The number of rotatable bonds is 5. The van der Waals surface area contributed by atoms with Crippen LogP contribution in [0, 0.1) is 0 Å². The van der Waals surface area contributed by atoms with Gasteiger partial charge in [0.15, 0.2) is 0 Å². The summed E-state index contributed by atoms with van der Waals surface area (Å²) >= 11 is 0. The molecule has 2 aliphatic carbocycles. The number of nitrogens with zero attached hydrogens (tertiary/aromatic N) is 1. The first-order valence-electron chi connectivity index (χ1n) is 23.0. The van der Waals surface area contributed by atoms with Crippen molar-refractivity contribution in [3.05, 3.63) is 271 Å². The van der Waals surface area contributed by atoms with Crippen LogP contribution in [0.15, 0.2) is 249 Å². The third-order valence-electron chi connectivity index (χ3n) is 14.6. The van der Waals surface area contributed by atoms with Gasteiger partial charge < -0.3 is 4.90 Å². The topological polar surface area (TPSA) is 3.24 Å². The maximum Gasteiger partial charge on any atom is 0.0726 e. The van der Waals surface area contributed by atoms with E-state index in [0.29, 0.717) is 0 Å². The van der Waals surface area contributed by atoms with Gasteiger partial charge in [-0.3, -0.25) is 0 Å². The van der Waals surface area contributed by atoms with E-state index in [9.17, 15) is 0 Å². The summed E-state index contributed by atoms with van der Waals surface area (Å²) in [5.74, 6) is 0. The van der Waals surface area contributed by atoms with E-state index in [1.807, 2.05) is 0 Å². The van der Waals surface area contributed by atoms with Crippen molar-refractivity contribution in [1.82, 2.24) is 0 Å². The zero-order chi connectivity index (χ0) is 43.3. The van der Waals surface area contributed by atoms with E-state index in [2.05, 4.69) is 254 Å². The summed E-state index contributed by atoms with van der Waals surface area (Å²) in [6.45, 7) is 0. The highest BCUT2D eigenvalue weighted by atomic mass is 15.1. The van der Waals surface area contributed by atoms with Gasteiger partial charge in [0.25, 0.3) is 0 Å². The minimum atomic E-state index is -0.659. The Morgan fingerprint density at radius 1 is 0.258 bits per heavy atom. The second-order valence-electron chi connectivity index (χ2n) is 17.9. The average molecular weight is 836 g/mol. The highest BCUT2D eigenvalue weighted by molar-refractivity contribution is 6.14. The van der Waals surface area contributed by atoms with Crippen molar-refractivity contribution >= 4 is 60.2 Å². The minimum absolute atomic E-state index is 0.659. The molecule has 0 aromatic heterocycles. The molecule has 66 heavy (non-hydrogen) atoms. The van der Waals surface area contributed by atoms with Crippen molar-refractivity contribution in [2.45, 2.75) is 5.41 Å². The molecule has 14 rings (SSSR count). The van der Waals surface area contributed by atoms with Crippen LogP contribution >= 0.6 is 0 Å². The lowest BCUT2D eigenvalue weighted by molar-refractivity contribution is 0.754. The molecule has 0 radical (unpaired) electrons. The van der Waals surface area contributed by atoms with Gasteiger partial charge in [-0.1, -0.05) is 224 Å². The number of hydrogen-bond acceptors (Lipinski definition) is 1. The molecule has 1 nitrogen and oxygen atoms in total. The number of anilines is 3. The highest BCUT2D eigenvalue weighted by Gasteiger charge is 2.49. The summed E-state index contributed by atoms with van der Waals surface area (Å²) in [4.78, 5) is 2.54. The third kappa shape index (κ3) is 5.17. The Morgan fingerprint density at radius 2 is 0.758 bits per heavy atom. The van der Waals surface area contributed by atoms with Crippen molar-refractivity contribution in [3.8, 4) is 44.5 Å². The van der Waals surface area contributed by atoms with E-state index in [4.69, 9.17) is 0 Å². The zero-order valence-corrected chi connectivity index (χ0v) is 36.1. The molecule has 1 unspecified atom stereocenters. The van der Waals surface area contributed by atoms with Crippen LogP contribution in [0.25, 0.3) is 87.6 Å². The molecule has 0 bridgehead atoms. The fourth-order valence-corrected chi connectivity index (χ4v) is 11.9. The Bertz CT molecular complexity index is 3940. The lowest BCUT2D eigenvalue weighted by Crippen LogP contribution is -2.36. The van der Waals surface area contributed by atoms with Crippen LogP contribution in [0.5, 0.6) is 0 Å². The maximum atomic E-state index is 2.55. The molecule has 0 saturated carbocycles. The van der Waals surface area contributed by atoms with E-state index in [0.717, 1.165) is 17.1 Å². The van der Waals surface area contributed by atoms with Gasteiger partial charge in [0.05, 0.1) is 11.1 Å². The van der Waals surface area contributed by atoms with Crippen LogP contribution < -0.4 is 4.90 Å². The first-order valence-corrected chi connectivity index (χ1v) is 23.0. The van der Waals surface area contributed by atoms with Gasteiger partial charge >= 0.3 is 0 Å². The molecule has 306 valence electrons. The summed E-state index contributed by atoms with van der Waals surface area (Å²) in [5, 5.41) is 9.99. The van der Waals surface area contributed by atoms with Gasteiger partial charge in [-0.2, -0.15) is 0 Å². The molecule has 1 atom stereocenters. The fraction of sp³-hybridized carbons (Fsp3) is 0.0154. The largest absolute Gasteiger partial charge is 0.309 e. The van der Waals surface area contributed by atoms with Crippen LogP contribution in [0.2, 0.25) is 0 Å². The first-order chi connectivity index (χ1) is 32.8. The van der Waals surface area contributed by atoms with E-state index in [-0.39, 0.29) is 0 Å². The molecule has 12 aromatic rings. The van der Waals surface area contributed by atoms with E-state index < -0.39 is 5.41 Å². The smallest absolute Gasteiger partial charge is 0.0726 e. The Hall–Kier alpha value is -8.52. The molecule has 1 spiro atoms. The van der Waals surface area contributed by atoms with Gasteiger partial charge in [-0.05, 0) is 123 Å². The summed E-state index contributed by atoms with van der Waals surface area (Å²) in [6, 6.07) is 93.2. The first kappa shape index (κ1) is 36.9. The summed E-state index contributed by atoms with van der Waals surface area (Å²) < 4.78 is 0.